The number of alkyl halides is 3. The molecular formula is C15H13F3N4O2. The molecule has 0 spiro atoms. The van der Waals surface area contributed by atoms with Gasteiger partial charge in [-0.1, -0.05) is 12.1 Å². The van der Waals surface area contributed by atoms with Crippen LogP contribution in [0, 0.1) is 0 Å². The molecule has 1 aliphatic rings. The molecule has 1 amide bonds. The second kappa shape index (κ2) is 5.91. The Balaban J connectivity index is 1.69. The van der Waals surface area contributed by atoms with E-state index in [1.54, 1.807) is 28.9 Å². The number of carbonyl (C=O) groups is 1. The van der Waals surface area contributed by atoms with E-state index >= 15 is 0 Å². The van der Waals surface area contributed by atoms with Crippen molar-refractivity contribution >= 4 is 11.6 Å². The molecule has 0 atom stereocenters. The lowest BCUT2D eigenvalue weighted by Gasteiger charge is -2.13. The van der Waals surface area contributed by atoms with Crippen LogP contribution < -0.4 is 10.6 Å². The van der Waals surface area contributed by atoms with Crippen molar-refractivity contribution in [2.24, 2.45) is 5.73 Å². The highest BCUT2D eigenvalue weighted by Crippen LogP contribution is 2.32. The zero-order chi connectivity index (χ0) is 17.3. The molecular weight excluding hydrogens is 325 g/mol. The van der Waals surface area contributed by atoms with Crippen LogP contribution in [0.4, 0.5) is 18.9 Å². The second-order valence-corrected chi connectivity index (χ2v) is 5.19. The fraction of sp³-hybridized carbons (Fsp3) is 0.200. The molecule has 0 saturated heterocycles. The molecule has 3 rings (SSSR count). The van der Waals surface area contributed by atoms with Crippen molar-refractivity contribution in [1.82, 2.24) is 9.78 Å². The van der Waals surface area contributed by atoms with Gasteiger partial charge in [-0.05, 0) is 17.7 Å². The minimum absolute atomic E-state index is 0.185. The molecule has 24 heavy (non-hydrogen) atoms. The minimum atomic E-state index is -4.49. The number of benzene rings is 1. The zero-order valence-electron chi connectivity index (χ0n) is 12.3. The Morgan fingerprint density at radius 3 is 2.54 bits per heavy atom. The van der Waals surface area contributed by atoms with E-state index in [1.165, 1.54) is 17.3 Å². The fourth-order valence-electron chi connectivity index (χ4n) is 2.22. The summed E-state index contributed by atoms with van der Waals surface area (Å²) in [4.78, 5) is 12.4. The molecule has 1 aliphatic heterocycles. The third-order valence-corrected chi connectivity index (χ3v) is 3.44. The number of aromatic nitrogens is 2. The summed E-state index contributed by atoms with van der Waals surface area (Å²) in [6.07, 6.45) is -0.654. The molecule has 0 aliphatic carbocycles. The lowest BCUT2D eigenvalue weighted by molar-refractivity contribution is -0.126. The molecule has 6 nitrogen and oxygen atoms in total. The predicted molar refractivity (Wildman–Crippen MR) is 78.9 cm³/mol. The predicted octanol–water partition coefficient (Wildman–Crippen LogP) is 2.23. The molecule has 0 unspecified atom stereocenters. The average molecular weight is 338 g/mol. The Hall–Kier alpha value is -2.97. The molecule has 2 N–H and O–H groups in total. The number of amides is 1. The van der Waals surface area contributed by atoms with E-state index < -0.39 is 17.8 Å². The van der Waals surface area contributed by atoms with E-state index in [9.17, 15) is 18.0 Å². The molecule has 9 heteroatoms. The third kappa shape index (κ3) is 3.34. The van der Waals surface area contributed by atoms with Gasteiger partial charge in [0.2, 0.25) is 5.76 Å². The lowest BCUT2D eigenvalue weighted by atomic mass is 10.2. The number of nitrogens with two attached hydrogens (primary N) is 1. The van der Waals surface area contributed by atoms with Crippen molar-refractivity contribution in [2.75, 3.05) is 11.6 Å². The van der Waals surface area contributed by atoms with Crippen LogP contribution >= 0.6 is 0 Å². The highest BCUT2D eigenvalue weighted by atomic mass is 19.4. The van der Waals surface area contributed by atoms with Crippen molar-refractivity contribution < 1.29 is 22.7 Å². The monoisotopic (exact) mass is 338 g/mol. The van der Waals surface area contributed by atoms with Crippen LogP contribution in [0.5, 0.6) is 0 Å². The van der Waals surface area contributed by atoms with Crippen LogP contribution in [-0.4, -0.2) is 28.6 Å². The second-order valence-electron chi connectivity index (χ2n) is 5.19. The molecule has 1 aromatic carbocycles. The summed E-state index contributed by atoms with van der Waals surface area (Å²) in [6, 6.07) is 6.90. The van der Waals surface area contributed by atoms with Crippen molar-refractivity contribution in [3.8, 4) is 0 Å². The van der Waals surface area contributed by atoms with Crippen LogP contribution in [-0.2, 0) is 11.3 Å². The van der Waals surface area contributed by atoms with E-state index in [1.807, 2.05) is 0 Å². The summed E-state index contributed by atoms with van der Waals surface area (Å²) in [5.74, 6) is -1.57. The summed E-state index contributed by atoms with van der Waals surface area (Å²) < 4.78 is 43.8. The highest BCUT2D eigenvalue weighted by Gasteiger charge is 2.39. The molecule has 0 fully saturated rings. The van der Waals surface area contributed by atoms with Gasteiger partial charge in [-0.15, -0.1) is 0 Å². The van der Waals surface area contributed by atoms with E-state index in [0.29, 0.717) is 17.8 Å². The molecule has 0 radical (unpaired) electrons. The van der Waals surface area contributed by atoms with Gasteiger partial charge in [0.15, 0.2) is 6.73 Å². The van der Waals surface area contributed by atoms with Crippen LogP contribution in [0.15, 0.2) is 48.6 Å². The Labute approximate surface area is 134 Å². The van der Waals surface area contributed by atoms with Gasteiger partial charge in [-0.25, -0.2) is 0 Å². The number of nitrogens with zero attached hydrogens (tertiary/aromatic N) is 3. The number of anilines is 1. The van der Waals surface area contributed by atoms with Gasteiger partial charge in [0.25, 0.3) is 5.91 Å². The normalized spacial score (nSPS) is 14.5. The summed E-state index contributed by atoms with van der Waals surface area (Å²) in [6.45, 7) is 0.225. The zero-order valence-corrected chi connectivity index (χ0v) is 12.3. The number of allylic oxidation sites excluding steroid dienone is 1. The molecule has 2 aromatic rings. The summed E-state index contributed by atoms with van der Waals surface area (Å²) in [5, 5.41) is 4.02. The first-order valence-electron chi connectivity index (χ1n) is 6.92. The maximum atomic E-state index is 12.6. The fourth-order valence-corrected chi connectivity index (χ4v) is 2.22. The largest absolute Gasteiger partial charge is 0.466 e. The summed E-state index contributed by atoms with van der Waals surface area (Å²) in [7, 11) is 0. The van der Waals surface area contributed by atoms with Gasteiger partial charge < -0.3 is 15.4 Å². The van der Waals surface area contributed by atoms with E-state index in [4.69, 9.17) is 5.73 Å². The number of carbonyl (C=O) groups excluding carboxylic acids is 1. The minimum Gasteiger partial charge on any atom is -0.466 e. The van der Waals surface area contributed by atoms with E-state index in [-0.39, 0.29) is 6.73 Å². The standard InChI is InChI=1S/C15H13F3N4O2/c16-15(17,18)13-8-21(9-24-13)12-3-1-10(2-4-12)6-22-7-11(5-20-22)14(19)23/h1-5,7-8H,6,9H2,(H2,19,23). The summed E-state index contributed by atoms with van der Waals surface area (Å²) >= 11 is 0. The molecule has 0 bridgehead atoms. The average Bonchev–Trinajstić information content (AvgIpc) is 3.16. The first-order valence-corrected chi connectivity index (χ1v) is 6.92. The Kier molecular flexibility index (Phi) is 3.92. The number of primary amides is 1. The number of hydrogen-bond donors (Lipinski definition) is 1. The topological polar surface area (TPSA) is 73.4 Å². The van der Waals surface area contributed by atoms with Gasteiger partial charge in [0.05, 0.1) is 24.5 Å². The molecule has 2 heterocycles. The Bertz CT molecular complexity index is 781. The first-order chi connectivity index (χ1) is 11.3. The maximum Gasteiger partial charge on any atom is 0.450 e. The first kappa shape index (κ1) is 15.9. The van der Waals surface area contributed by atoms with Crippen molar-refractivity contribution in [3.05, 3.63) is 59.7 Å². The number of hydrogen-bond acceptors (Lipinski definition) is 4. The highest BCUT2D eigenvalue weighted by molar-refractivity contribution is 5.92. The van der Waals surface area contributed by atoms with Crippen molar-refractivity contribution in [2.45, 2.75) is 12.7 Å². The van der Waals surface area contributed by atoms with Crippen LogP contribution in [0.2, 0.25) is 0 Å². The maximum absolute atomic E-state index is 12.6. The molecule has 1 aromatic heterocycles. The Morgan fingerprint density at radius 2 is 2.00 bits per heavy atom. The number of ether oxygens (including phenoxy) is 1. The van der Waals surface area contributed by atoms with Crippen molar-refractivity contribution in [3.63, 3.8) is 0 Å². The van der Waals surface area contributed by atoms with Gasteiger partial charge in [-0.2, -0.15) is 18.3 Å². The van der Waals surface area contributed by atoms with Crippen molar-refractivity contribution in [1.29, 1.82) is 0 Å². The van der Waals surface area contributed by atoms with Crippen LogP contribution in [0.25, 0.3) is 0 Å². The summed E-state index contributed by atoms with van der Waals surface area (Å²) in [5.41, 5.74) is 6.92. The van der Waals surface area contributed by atoms with Crippen LogP contribution in [0.1, 0.15) is 15.9 Å². The van der Waals surface area contributed by atoms with Crippen LogP contribution in [0.3, 0.4) is 0 Å². The smallest absolute Gasteiger partial charge is 0.450 e. The van der Waals surface area contributed by atoms with E-state index in [2.05, 4.69) is 9.84 Å². The van der Waals surface area contributed by atoms with Gasteiger partial charge in [0, 0.05) is 11.9 Å². The lowest BCUT2D eigenvalue weighted by Crippen LogP contribution is -2.13. The SMILES string of the molecule is NC(=O)c1cnn(Cc2ccc(N3C=C(C(F)(F)F)OC3)cc2)c1. The molecule has 126 valence electrons. The van der Waals surface area contributed by atoms with Gasteiger partial charge >= 0.3 is 6.18 Å². The molecule has 0 saturated carbocycles. The quantitative estimate of drug-likeness (QED) is 0.928. The number of halogens is 3. The Morgan fingerprint density at radius 1 is 1.29 bits per heavy atom. The van der Waals surface area contributed by atoms with Gasteiger partial charge in [-0.3, -0.25) is 9.48 Å². The van der Waals surface area contributed by atoms with Gasteiger partial charge in [0.1, 0.15) is 0 Å². The third-order valence-electron chi connectivity index (χ3n) is 3.44. The number of rotatable bonds is 4. The van der Waals surface area contributed by atoms with E-state index in [0.717, 1.165) is 11.8 Å².